The van der Waals surface area contributed by atoms with E-state index in [1.54, 1.807) is 7.05 Å². The highest BCUT2D eigenvalue weighted by Crippen LogP contribution is 1.99. The second kappa shape index (κ2) is 8.37. The van der Waals surface area contributed by atoms with Gasteiger partial charge in [0.1, 0.15) is 0 Å². The molecule has 1 rings (SSSR count). The number of aryl methyl sites for hydroxylation is 2. The number of aromatic nitrogens is 2. The van der Waals surface area contributed by atoms with Crippen LogP contribution in [0.15, 0.2) is 17.4 Å². The van der Waals surface area contributed by atoms with Gasteiger partial charge in [-0.25, -0.2) is 0 Å². The van der Waals surface area contributed by atoms with E-state index in [9.17, 15) is 0 Å². The summed E-state index contributed by atoms with van der Waals surface area (Å²) in [6.07, 6.45) is 6.08. The molecule has 2 N–H and O–H groups in total. The zero-order valence-corrected chi connectivity index (χ0v) is 12.4. The number of rotatable bonds is 4. The Hall–Kier alpha value is -0.790. The molecular formula is C10H20IN5. The fraction of sp³-hybridized carbons (Fsp3) is 0.600. The van der Waals surface area contributed by atoms with Crippen molar-refractivity contribution in [1.82, 2.24) is 20.4 Å². The van der Waals surface area contributed by atoms with E-state index in [-0.39, 0.29) is 24.0 Å². The lowest BCUT2D eigenvalue weighted by molar-refractivity contribution is 0.751. The van der Waals surface area contributed by atoms with E-state index in [0.717, 1.165) is 25.3 Å². The molecule has 0 bridgehead atoms. The van der Waals surface area contributed by atoms with Crippen molar-refractivity contribution in [1.29, 1.82) is 0 Å². The van der Waals surface area contributed by atoms with Gasteiger partial charge < -0.3 is 10.6 Å². The van der Waals surface area contributed by atoms with E-state index in [2.05, 4.69) is 20.7 Å². The van der Waals surface area contributed by atoms with Gasteiger partial charge in [0.2, 0.25) is 0 Å². The first-order valence-electron chi connectivity index (χ1n) is 5.12. The van der Waals surface area contributed by atoms with Crippen LogP contribution in [0.3, 0.4) is 0 Å². The van der Waals surface area contributed by atoms with Crippen molar-refractivity contribution in [2.45, 2.75) is 12.8 Å². The Morgan fingerprint density at radius 1 is 1.56 bits per heavy atom. The highest BCUT2D eigenvalue weighted by atomic mass is 127. The average molecular weight is 337 g/mol. The number of halogens is 1. The maximum absolute atomic E-state index is 4.12. The maximum atomic E-state index is 4.12. The molecule has 0 aliphatic heterocycles. The van der Waals surface area contributed by atoms with Gasteiger partial charge in [0.25, 0.3) is 0 Å². The molecule has 0 fully saturated rings. The first kappa shape index (κ1) is 15.2. The monoisotopic (exact) mass is 337 g/mol. The number of guanidine groups is 1. The predicted molar refractivity (Wildman–Crippen MR) is 77.4 cm³/mol. The first-order valence-corrected chi connectivity index (χ1v) is 5.12. The molecule has 0 amide bonds. The van der Waals surface area contributed by atoms with Crippen LogP contribution in [0, 0.1) is 0 Å². The number of hydrogen-bond acceptors (Lipinski definition) is 2. The van der Waals surface area contributed by atoms with Crippen LogP contribution < -0.4 is 10.6 Å². The highest BCUT2D eigenvalue weighted by molar-refractivity contribution is 14.0. The summed E-state index contributed by atoms with van der Waals surface area (Å²) in [5, 5.41) is 10.3. The number of nitrogens with zero attached hydrogens (tertiary/aromatic N) is 3. The molecule has 0 spiro atoms. The molecule has 0 aromatic carbocycles. The minimum absolute atomic E-state index is 0. The quantitative estimate of drug-likeness (QED) is 0.369. The molecule has 92 valence electrons. The molecule has 1 aromatic heterocycles. The molecular weight excluding hydrogens is 317 g/mol. The van der Waals surface area contributed by atoms with Crippen LogP contribution in [0.25, 0.3) is 0 Å². The van der Waals surface area contributed by atoms with Gasteiger partial charge in [-0.15, -0.1) is 24.0 Å². The minimum Gasteiger partial charge on any atom is -0.359 e. The summed E-state index contributed by atoms with van der Waals surface area (Å²) in [5.74, 6) is 0.834. The SMILES string of the molecule is CN=C(NC)NCCCc1cnn(C)c1.I. The third-order valence-electron chi connectivity index (χ3n) is 2.15. The van der Waals surface area contributed by atoms with Crippen LogP contribution >= 0.6 is 24.0 Å². The average Bonchev–Trinajstić information content (AvgIpc) is 2.65. The van der Waals surface area contributed by atoms with Crippen LogP contribution in [0.1, 0.15) is 12.0 Å². The first-order chi connectivity index (χ1) is 7.26. The molecule has 0 radical (unpaired) electrons. The molecule has 0 saturated carbocycles. The van der Waals surface area contributed by atoms with Gasteiger partial charge >= 0.3 is 0 Å². The largest absolute Gasteiger partial charge is 0.359 e. The summed E-state index contributed by atoms with van der Waals surface area (Å²) in [4.78, 5) is 4.03. The van der Waals surface area contributed by atoms with Gasteiger partial charge in [0.05, 0.1) is 6.20 Å². The standard InChI is InChI=1S/C10H19N5.HI/c1-11-10(12-2)13-6-4-5-9-7-14-15(3)8-9;/h7-8H,4-6H2,1-3H3,(H2,11,12,13);1H. The Kier molecular flexibility index (Phi) is 7.96. The molecule has 1 heterocycles. The third kappa shape index (κ3) is 5.34. The maximum Gasteiger partial charge on any atom is 0.190 e. The molecule has 1 aromatic rings. The predicted octanol–water partition coefficient (Wildman–Crippen LogP) is 0.765. The smallest absolute Gasteiger partial charge is 0.190 e. The van der Waals surface area contributed by atoms with Crippen molar-refractivity contribution in [2.24, 2.45) is 12.0 Å². The van der Waals surface area contributed by atoms with Crippen molar-refractivity contribution < 1.29 is 0 Å². The van der Waals surface area contributed by atoms with E-state index < -0.39 is 0 Å². The second-order valence-corrected chi connectivity index (χ2v) is 3.37. The highest BCUT2D eigenvalue weighted by Gasteiger charge is 1.96. The van der Waals surface area contributed by atoms with Crippen molar-refractivity contribution in [2.75, 3.05) is 20.6 Å². The summed E-state index contributed by atoms with van der Waals surface area (Å²) in [6, 6.07) is 0. The van der Waals surface area contributed by atoms with Gasteiger partial charge in [-0.05, 0) is 18.4 Å². The summed E-state index contributed by atoms with van der Waals surface area (Å²) in [5.41, 5.74) is 1.28. The lowest BCUT2D eigenvalue weighted by Gasteiger charge is -2.07. The summed E-state index contributed by atoms with van der Waals surface area (Å²) >= 11 is 0. The second-order valence-electron chi connectivity index (χ2n) is 3.37. The van der Waals surface area contributed by atoms with Crippen molar-refractivity contribution in [3.8, 4) is 0 Å². The lowest BCUT2D eigenvalue weighted by Crippen LogP contribution is -2.35. The molecule has 0 unspecified atom stereocenters. The zero-order valence-electron chi connectivity index (χ0n) is 10.0. The number of aliphatic imine (C=N–C) groups is 1. The van der Waals surface area contributed by atoms with Crippen LogP contribution in [0.5, 0.6) is 0 Å². The Morgan fingerprint density at radius 3 is 2.81 bits per heavy atom. The minimum atomic E-state index is 0. The van der Waals surface area contributed by atoms with E-state index in [0.29, 0.717) is 0 Å². The van der Waals surface area contributed by atoms with E-state index in [4.69, 9.17) is 0 Å². The lowest BCUT2D eigenvalue weighted by atomic mass is 10.2. The Balaban J connectivity index is 0.00000225. The topological polar surface area (TPSA) is 54.2 Å². The summed E-state index contributed by atoms with van der Waals surface area (Å²) < 4.78 is 1.83. The van der Waals surface area contributed by atoms with Gasteiger partial charge in [-0.3, -0.25) is 9.67 Å². The van der Waals surface area contributed by atoms with E-state index >= 15 is 0 Å². The molecule has 0 aliphatic rings. The number of nitrogens with one attached hydrogen (secondary N) is 2. The number of hydrogen-bond donors (Lipinski definition) is 2. The zero-order chi connectivity index (χ0) is 11.1. The fourth-order valence-electron chi connectivity index (χ4n) is 1.38. The van der Waals surface area contributed by atoms with Crippen LogP contribution in [0.2, 0.25) is 0 Å². The van der Waals surface area contributed by atoms with Crippen molar-refractivity contribution >= 4 is 29.9 Å². The Bertz CT molecular complexity index is 321. The van der Waals surface area contributed by atoms with E-state index in [1.165, 1.54) is 5.56 Å². The Labute approximate surface area is 114 Å². The fourth-order valence-corrected chi connectivity index (χ4v) is 1.38. The molecule has 6 heteroatoms. The van der Waals surface area contributed by atoms with Crippen molar-refractivity contribution in [3.05, 3.63) is 18.0 Å². The third-order valence-corrected chi connectivity index (χ3v) is 2.15. The molecule has 16 heavy (non-hydrogen) atoms. The van der Waals surface area contributed by atoms with Gasteiger partial charge in [0, 0.05) is 33.9 Å². The molecule has 0 atom stereocenters. The molecule has 5 nitrogen and oxygen atoms in total. The van der Waals surface area contributed by atoms with Gasteiger partial charge in [-0.1, -0.05) is 0 Å². The molecule has 0 saturated heterocycles. The van der Waals surface area contributed by atoms with E-state index in [1.807, 2.05) is 31.2 Å². The van der Waals surface area contributed by atoms with Gasteiger partial charge in [-0.2, -0.15) is 5.10 Å². The Morgan fingerprint density at radius 2 is 2.31 bits per heavy atom. The summed E-state index contributed by atoms with van der Waals surface area (Å²) in [6.45, 7) is 0.919. The normalized spacial score (nSPS) is 10.8. The van der Waals surface area contributed by atoms with Crippen LogP contribution in [-0.4, -0.2) is 36.4 Å². The van der Waals surface area contributed by atoms with Gasteiger partial charge in [0.15, 0.2) is 5.96 Å². The van der Waals surface area contributed by atoms with Crippen LogP contribution in [-0.2, 0) is 13.5 Å². The summed E-state index contributed by atoms with van der Waals surface area (Å²) in [7, 11) is 5.56. The van der Waals surface area contributed by atoms with Crippen molar-refractivity contribution in [3.63, 3.8) is 0 Å². The van der Waals surface area contributed by atoms with Crippen LogP contribution in [0.4, 0.5) is 0 Å². The molecule has 0 aliphatic carbocycles.